The number of nitrogens with zero attached hydrogens (tertiary/aromatic N) is 1. The number of carbonyl (C=O) groups is 1. The largest absolute Gasteiger partial charge is 0.468 e. The lowest BCUT2D eigenvalue weighted by Gasteiger charge is -2.03. The van der Waals surface area contributed by atoms with Crippen LogP contribution in [-0.2, 0) is 14.3 Å². The summed E-state index contributed by atoms with van der Waals surface area (Å²) in [6.07, 6.45) is 0. The molecule has 1 unspecified atom stereocenters. The summed E-state index contributed by atoms with van der Waals surface area (Å²) >= 11 is 0. The molecular weight excluding hydrogens is 150 g/mol. The van der Waals surface area contributed by atoms with Crippen molar-refractivity contribution in [3.8, 4) is 0 Å². The van der Waals surface area contributed by atoms with Gasteiger partial charge in [0.1, 0.15) is 5.92 Å². The number of esters is 1. The van der Waals surface area contributed by atoms with E-state index >= 15 is 0 Å². The number of methoxy groups -OCH3 is 1. The maximum Gasteiger partial charge on any atom is 0.317 e. The van der Waals surface area contributed by atoms with Gasteiger partial charge < -0.3 is 14.7 Å². The molecule has 0 bridgehead atoms. The van der Waals surface area contributed by atoms with Gasteiger partial charge in [0.15, 0.2) is 0 Å². The van der Waals surface area contributed by atoms with Crippen molar-refractivity contribution in [2.75, 3.05) is 20.3 Å². The summed E-state index contributed by atoms with van der Waals surface area (Å²) in [5.74, 6) is -0.944. The summed E-state index contributed by atoms with van der Waals surface area (Å²) in [4.78, 5) is 10.9. The molecule has 0 aromatic rings. The van der Waals surface area contributed by atoms with Crippen LogP contribution in [0.3, 0.4) is 0 Å². The van der Waals surface area contributed by atoms with Gasteiger partial charge in [0, 0.05) is 0 Å². The van der Waals surface area contributed by atoms with E-state index < -0.39 is 11.9 Å². The van der Waals surface area contributed by atoms with Gasteiger partial charge >= 0.3 is 5.97 Å². The van der Waals surface area contributed by atoms with Crippen LogP contribution in [0.15, 0.2) is 5.16 Å². The minimum absolute atomic E-state index is 0.205. The lowest BCUT2D eigenvalue weighted by molar-refractivity contribution is -0.143. The fourth-order valence-electron chi connectivity index (χ4n) is 0.923. The van der Waals surface area contributed by atoms with Crippen molar-refractivity contribution in [2.45, 2.75) is 0 Å². The van der Waals surface area contributed by atoms with Crippen molar-refractivity contribution in [1.29, 1.82) is 0 Å². The standard InChI is InChI=1S/C6H9NO4/c1-10-6(8)4-2-11-3-5(4)7-9/h4,9H,2-3H2,1H3. The second-order valence-corrected chi connectivity index (χ2v) is 2.18. The zero-order valence-corrected chi connectivity index (χ0v) is 6.11. The topological polar surface area (TPSA) is 68.1 Å². The molecule has 0 saturated carbocycles. The molecule has 1 aliphatic rings. The third-order valence-corrected chi connectivity index (χ3v) is 1.55. The van der Waals surface area contributed by atoms with E-state index in [0.717, 1.165) is 0 Å². The first-order valence-electron chi connectivity index (χ1n) is 3.16. The van der Waals surface area contributed by atoms with Crippen molar-refractivity contribution in [3.63, 3.8) is 0 Å². The van der Waals surface area contributed by atoms with E-state index in [4.69, 9.17) is 9.94 Å². The number of ether oxygens (including phenoxy) is 2. The predicted molar refractivity (Wildman–Crippen MR) is 35.5 cm³/mol. The average Bonchev–Trinajstić information content (AvgIpc) is 2.50. The van der Waals surface area contributed by atoms with E-state index in [1.54, 1.807) is 0 Å². The highest BCUT2D eigenvalue weighted by atomic mass is 16.5. The molecule has 1 rings (SSSR count). The summed E-state index contributed by atoms with van der Waals surface area (Å²) in [6, 6.07) is 0. The predicted octanol–water partition coefficient (Wildman–Crippen LogP) is -0.364. The van der Waals surface area contributed by atoms with Gasteiger partial charge in [0.25, 0.3) is 0 Å². The molecule has 0 radical (unpaired) electrons. The van der Waals surface area contributed by atoms with E-state index in [-0.39, 0.29) is 13.2 Å². The van der Waals surface area contributed by atoms with Gasteiger partial charge in [0.05, 0.1) is 26.0 Å². The monoisotopic (exact) mass is 159 g/mol. The van der Waals surface area contributed by atoms with Crippen molar-refractivity contribution in [2.24, 2.45) is 11.1 Å². The van der Waals surface area contributed by atoms with Gasteiger partial charge in [0.2, 0.25) is 0 Å². The summed E-state index contributed by atoms with van der Waals surface area (Å²) in [6.45, 7) is 0.447. The molecule has 1 N–H and O–H groups in total. The second-order valence-electron chi connectivity index (χ2n) is 2.18. The Morgan fingerprint density at radius 2 is 2.64 bits per heavy atom. The second kappa shape index (κ2) is 3.34. The van der Waals surface area contributed by atoms with E-state index in [1.165, 1.54) is 7.11 Å². The zero-order valence-electron chi connectivity index (χ0n) is 6.11. The van der Waals surface area contributed by atoms with Gasteiger partial charge in [-0.05, 0) is 0 Å². The molecule has 1 fully saturated rings. The van der Waals surface area contributed by atoms with Gasteiger partial charge in [-0.25, -0.2) is 0 Å². The molecule has 0 aliphatic carbocycles. The fourth-order valence-corrected chi connectivity index (χ4v) is 0.923. The maximum atomic E-state index is 10.9. The van der Waals surface area contributed by atoms with Crippen LogP contribution in [0, 0.1) is 5.92 Å². The first-order chi connectivity index (χ1) is 5.29. The molecule has 1 saturated heterocycles. The quantitative estimate of drug-likeness (QED) is 0.322. The Bertz CT molecular complexity index is 189. The summed E-state index contributed by atoms with van der Waals surface area (Å²) in [5, 5.41) is 11.3. The van der Waals surface area contributed by atoms with Gasteiger partial charge in [-0.15, -0.1) is 0 Å². The number of hydrogen-bond acceptors (Lipinski definition) is 5. The SMILES string of the molecule is COC(=O)C1COCC1=NO. The maximum absolute atomic E-state index is 10.9. The minimum Gasteiger partial charge on any atom is -0.468 e. The number of rotatable bonds is 1. The molecule has 62 valence electrons. The van der Waals surface area contributed by atoms with Crippen LogP contribution in [0.2, 0.25) is 0 Å². The number of oxime groups is 1. The summed E-state index contributed by atoms with van der Waals surface area (Å²) < 4.78 is 9.35. The average molecular weight is 159 g/mol. The Labute approximate surface area is 63.6 Å². The Morgan fingerprint density at radius 1 is 1.91 bits per heavy atom. The summed E-state index contributed by atoms with van der Waals surface area (Å²) in [7, 11) is 1.29. The molecule has 1 atom stereocenters. The highest BCUT2D eigenvalue weighted by molar-refractivity contribution is 6.03. The Kier molecular flexibility index (Phi) is 2.43. The highest BCUT2D eigenvalue weighted by Crippen LogP contribution is 2.11. The molecule has 0 spiro atoms. The first-order valence-corrected chi connectivity index (χ1v) is 3.16. The van der Waals surface area contributed by atoms with Gasteiger partial charge in [-0.3, -0.25) is 4.79 Å². The molecule has 5 heteroatoms. The smallest absolute Gasteiger partial charge is 0.317 e. The van der Waals surface area contributed by atoms with Crippen LogP contribution in [0.5, 0.6) is 0 Å². The van der Waals surface area contributed by atoms with E-state index in [9.17, 15) is 4.79 Å². The normalized spacial score (nSPS) is 27.4. The Hall–Kier alpha value is -1.10. The van der Waals surface area contributed by atoms with Crippen LogP contribution >= 0.6 is 0 Å². The molecule has 0 aromatic heterocycles. The van der Waals surface area contributed by atoms with Crippen molar-refractivity contribution in [3.05, 3.63) is 0 Å². The molecule has 0 aromatic carbocycles. The van der Waals surface area contributed by atoms with Crippen LogP contribution in [0.25, 0.3) is 0 Å². The number of carbonyl (C=O) groups excluding carboxylic acids is 1. The van der Waals surface area contributed by atoms with Crippen LogP contribution in [-0.4, -0.2) is 37.2 Å². The summed E-state index contributed by atoms with van der Waals surface area (Å²) in [5.41, 5.74) is 0.330. The van der Waals surface area contributed by atoms with E-state index in [2.05, 4.69) is 9.89 Å². The van der Waals surface area contributed by atoms with Crippen LogP contribution in [0.4, 0.5) is 0 Å². The third-order valence-electron chi connectivity index (χ3n) is 1.55. The molecule has 1 aliphatic heterocycles. The fraction of sp³-hybridized carbons (Fsp3) is 0.667. The lowest BCUT2D eigenvalue weighted by Crippen LogP contribution is -2.23. The lowest BCUT2D eigenvalue weighted by atomic mass is 10.1. The van der Waals surface area contributed by atoms with Crippen molar-refractivity contribution < 1.29 is 19.5 Å². The van der Waals surface area contributed by atoms with E-state index in [0.29, 0.717) is 5.71 Å². The molecule has 1 heterocycles. The molecule has 0 amide bonds. The van der Waals surface area contributed by atoms with E-state index in [1.807, 2.05) is 0 Å². The molecule has 5 nitrogen and oxygen atoms in total. The third kappa shape index (κ3) is 1.48. The Morgan fingerprint density at radius 3 is 3.18 bits per heavy atom. The van der Waals surface area contributed by atoms with Crippen LogP contribution in [0.1, 0.15) is 0 Å². The molecular formula is C6H9NO4. The molecule has 11 heavy (non-hydrogen) atoms. The first kappa shape index (κ1) is 8.00. The van der Waals surface area contributed by atoms with Crippen LogP contribution < -0.4 is 0 Å². The van der Waals surface area contributed by atoms with Crippen molar-refractivity contribution >= 4 is 11.7 Å². The Balaban J connectivity index is 2.64. The minimum atomic E-state index is -0.523. The highest BCUT2D eigenvalue weighted by Gasteiger charge is 2.31. The van der Waals surface area contributed by atoms with Gasteiger partial charge in [-0.1, -0.05) is 5.16 Å². The van der Waals surface area contributed by atoms with Crippen molar-refractivity contribution in [1.82, 2.24) is 0 Å². The number of hydrogen-bond donors (Lipinski definition) is 1. The van der Waals surface area contributed by atoms with Gasteiger partial charge in [-0.2, -0.15) is 0 Å². The zero-order chi connectivity index (χ0) is 8.27.